The van der Waals surface area contributed by atoms with E-state index in [0.717, 1.165) is 89.0 Å². The van der Waals surface area contributed by atoms with E-state index < -0.39 is 0 Å². The fraction of sp³-hybridized carbons (Fsp3) is 0.102. The first kappa shape index (κ1) is 31.2. The molecule has 254 valence electrons. The highest BCUT2D eigenvalue weighted by Gasteiger charge is 2.36. The van der Waals surface area contributed by atoms with Gasteiger partial charge in [-0.1, -0.05) is 98.8 Å². The molecule has 4 heteroatoms. The third-order valence-corrected chi connectivity index (χ3v) is 11.1. The van der Waals surface area contributed by atoms with E-state index in [1.165, 1.54) is 22.3 Å². The van der Waals surface area contributed by atoms with Crippen molar-refractivity contribution in [3.05, 3.63) is 162 Å². The SMILES string of the molecule is C/C=C\c1oc2c(-c3ccc(-c4ccc5c(c4)C(C)(C)c4cc(-c6ccc(-c7cccc8c7oc7ccccc78)nc6)ccc4-5)cn3)cccc2c1C. The van der Waals surface area contributed by atoms with Gasteiger partial charge in [0.25, 0.3) is 0 Å². The molecule has 0 aliphatic heterocycles. The number of furan rings is 2. The Balaban J connectivity index is 0.946. The summed E-state index contributed by atoms with van der Waals surface area (Å²) in [6.07, 6.45) is 7.99. The summed E-state index contributed by atoms with van der Waals surface area (Å²) in [5.41, 5.74) is 17.1. The van der Waals surface area contributed by atoms with Crippen molar-refractivity contribution in [2.75, 3.05) is 0 Å². The van der Waals surface area contributed by atoms with Gasteiger partial charge in [-0.25, -0.2) is 0 Å². The molecule has 0 saturated heterocycles. The van der Waals surface area contributed by atoms with Crippen molar-refractivity contribution in [1.82, 2.24) is 9.97 Å². The summed E-state index contributed by atoms with van der Waals surface area (Å²) in [7, 11) is 0. The number of pyridine rings is 2. The minimum Gasteiger partial charge on any atom is -0.456 e. The van der Waals surface area contributed by atoms with Crippen LogP contribution in [0.5, 0.6) is 0 Å². The molecule has 0 atom stereocenters. The van der Waals surface area contributed by atoms with E-state index in [0.29, 0.717) is 0 Å². The summed E-state index contributed by atoms with van der Waals surface area (Å²) in [4.78, 5) is 9.87. The smallest absolute Gasteiger partial charge is 0.144 e. The lowest BCUT2D eigenvalue weighted by Crippen LogP contribution is -2.15. The Morgan fingerprint density at radius 1 is 0.528 bits per heavy atom. The van der Waals surface area contributed by atoms with Crippen molar-refractivity contribution in [2.45, 2.75) is 33.1 Å². The molecule has 0 radical (unpaired) electrons. The van der Waals surface area contributed by atoms with E-state index >= 15 is 0 Å². The summed E-state index contributed by atoms with van der Waals surface area (Å²) < 4.78 is 12.6. The second kappa shape index (κ2) is 11.8. The van der Waals surface area contributed by atoms with Gasteiger partial charge in [-0.3, -0.25) is 9.97 Å². The number of fused-ring (bicyclic) bond motifs is 7. The molecule has 1 aliphatic rings. The third kappa shape index (κ3) is 4.83. The standard InChI is InChI=1S/C49H36N2O2/c1-5-10-45-29(2)34-12-8-14-39(47(34)52-45)43-23-19-32(27-50-43)30-17-21-35-36-22-18-31(26-42(36)49(3,4)41(35)25-30)33-20-24-44(51-28-33)40-15-9-13-38-37-11-6-7-16-46(37)53-48(38)40/h5-28H,1-4H3/b10-5-. The zero-order valence-corrected chi connectivity index (χ0v) is 30.1. The van der Waals surface area contributed by atoms with E-state index in [2.05, 4.69) is 124 Å². The van der Waals surface area contributed by atoms with Crippen molar-refractivity contribution in [1.29, 1.82) is 0 Å². The number of hydrogen-bond acceptors (Lipinski definition) is 4. The van der Waals surface area contributed by atoms with Crippen LogP contribution in [-0.2, 0) is 5.41 Å². The van der Waals surface area contributed by atoms with E-state index in [1.807, 2.05) is 49.7 Å². The number of allylic oxidation sites excluding steroid dienone is 1. The van der Waals surface area contributed by atoms with Crippen molar-refractivity contribution in [3.63, 3.8) is 0 Å². The molecule has 0 N–H and O–H groups in total. The molecule has 4 nitrogen and oxygen atoms in total. The fourth-order valence-electron chi connectivity index (χ4n) is 8.27. The van der Waals surface area contributed by atoms with Gasteiger partial charge in [-0.05, 0) is 95.8 Å². The fourth-order valence-corrected chi connectivity index (χ4v) is 8.27. The normalized spacial score (nSPS) is 13.4. The summed E-state index contributed by atoms with van der Waals surface area (Å²) >= 11 is 0. The van der Waals surface area contributed by atoms with Crippen LogP contribution in [0.2, 0.25) is 0 Å². The van der Waals surface area contributed by atoms with Crippen LogP contribution in [0.3, 0.4) is 0 Å². The van der Waals surface area contributed by atoms with Crippen LogP contribution in [0.4, 0.5) is 0 Å². The highest BCUT2D eigenvalue weighted by Crippen LogP contribution is 2.51. The van der Waals surface area contributed by atoms with Crippen LogP contribution in [0.25, 0.3) is 94.9 Å². The van der Waals surface area contributed by atoms with Crippen molar-refractivity contribution in [2.24, 2.45) is 0 Å². The van der Waals surface area contributed by atoms with Crippen LogP contribution in [0.15, 0.2) is 149 Å². The molecular weight excluding hydrogens is 649 g/mol. The number of para-hydroxylation sites is 3. The predicted molar refractivity (Wildman–Crippen MR) is 218 cm³/mol. The largest absolute Gasteiger partial charge is 0.456 e. The summed E-state index contributed by atoms with van der Waals surface area (Å²) in [5, 5.41) is 3.35. The molecule has 0 amide bonds. The van der Waals surface area contributed by atoms with E-state index in [-0.39, 0.29) is 5.41 Å². The molecule has 0 unspecified atom stereocenters. The van der Waals surface area contributed by atoms with Gasteiger partial charge in [0.2, 0.25) is 0 Å². The Labute approximate surface area is 308 Å². The molecule has 9 aromatic rings. The minimum atomic E-state index is -0.175. The molecule has 53 heavy (non-hydrogen) atoms. The first-order valence-corrected chi connectivity index (χ1v) is 18.2. The van der Waals surface area contributed by atoms with Crippen LogP contribution < -0.4 is 0 Å². The Bertz CT molecular complexity index is 2920. The van der Waals surface area contributed by atoms with Gasteiger partial charge < -0.3 is 8.83 Å². The second-order valence-electron chi connectivity index (χ2n) is 14.6. The Kier molecular flexibility index (Phi) is 6.93. The monoisotopic (exact) mass is 684 g/mol. The van der Waals surface area contributed by atoms with Gasteiger partial charge in [0, 0.05) is 61.8 Å². The van der Waals surface area contributed by atoms with Gasteiger partial charge in [-0.2, -0.15) is 0 Å². The summed E-state index contributed by atoms with van der Waals surface area (Å²) in [6, 6.07) is 43.0. The zero-order chi connectivity index (χ0) is 35.8. The molecule has 10 rings (SSSR count). The molecular formula is C49H36N2O2. The molecule has 4 aromatic heterocycles. The summed E-state index contributed by atoms with van der Waals surface area (Å²) in [5.74, 6) is 0.892. The highest BCUT2D eigenvalue weighted by atomic mass is 16.3. The molecule has 1 aliphatic carbocycles. The molecule has 0 bridgehead atoms. The molecule has 0 fully saturated rings. The van der Waals surface area contributed by atoms with Gasteiger partial charge in [-0.15, -0.1) is 0 Å². The topological polar surface area (TPSA) is 52.1 Å². The lowest BCUT2D eigenvalue weighted by Gasteiger charge is -2.22. The molecule has 0 spiro atoms. The molecule has 5 aromatic carbocycles. The Morgan fingerprint density at radius 2 is 1.08 bits per heavy atom. The van der Waals surface area contributed by atoms with Gasteiger partial charge >= 0.3 is 0 Å². The van der Waals surface area contributed by atoms with Crippen molar-refractivity contribution in [3.8, 4) is 55.9 Å². The average Bonchev–Trinajstić information content (AvgIpc) is 3.81. The van der Waals surface area contributed by atoms with E-state index in [4.69, 9.17) is 18.8 Å². The van der Waals surface area contributed by atoms with Crippen LogP contribution in [-0.4, -0.2) is 9.97 Å². The maximum atomic E-state index is 6.29. The average molecular weight is 685 g/mol. The van der Waals surface area contributed by atoms with Gasteiger partial charge in [0.15, 0.2) is 0 Å². The third-order valence-electron chi connectivity index (χ3n) is 11.1. The Morgan fingerprint density at radius 3 is 1.66 bits per heavy atom. The lowest BCUT2D eigenvalue weighted by atomic mass is 9.81. The molecule has 0 saturated carbocycles. The number of aryl methyl sites for hydroxylation is 1. The number of aromatic nitrogens is 2. The summed E-state index contributed by atoms with van der Waals surface area (Å²) in [6.45, 7) is 8.77. The maximum absolute atomic E-state index is 6.29. The highest BCUT2D eigenvalue weighted by molar-refractivity contribution is 6.09. The number of nitrogens with zero attached hydrogens (tertiary/aromatic N) is 2. The number of rotatable bonds is 5. The second-order valence-corrected chi connectivity index (χ2v) is 14.6. The quantitative estimate of drug-likeness (QED) is 0.181. The van der Waals surface area contributed by atoms with Crippen molar-refractivity contribution < 1.29 is 8.83 Å². The first-order chi connectivity index (χ1) is 25.9. The molecule has 4 heterocycles. The van der Waals surface area contributed by atoms with E-state index in [9.17, 15) is 0 Å². The lowest BCUT2D eigenvalue weighted by molar-refractivity contribution is 0.602. The maximum Gasteiger partial charge on any atom is 0.144 e. The van der Waals surface area contributed by atoms with Crippen molar-refractivity contribution >= 4 is 39.0 Å². The Hall–Kier alpha value is -6.52. The van der Waals surface area contributed by atoms with Crippen LogP contribution in [0, 0.1) is 6.92 Å². The number of hydrogen-bond donors (Lipinski definition) is 0. The van der Waals surface area contributed by atoms with E-state index in [1.54, 1.807) is 0 Å². The predicted octanol–water partition coefficient (Wildman–Crippen LogP) is 13.4. The van der Waals surface area contributed by atoms with Crippen LogP contribution >= 0.6 is 0 Å². The van der Waals surface area contributed by atoms with Gasteiger partial charge in [0.05, 0.1) is 11.4 Å². The van der Waals surface area contributed by atoms with Crippen LogP contribution in [0.1, 0.15) is 43.2 Å². The number of benzene rings is 5. The first-order valence-electron chi connectivity index (χ1n) is 18.2. The zero-order valence-electron chi connectivity index (χ0n) is 30.1. The minimum absolute atomic E-state index is 0.175. The van der Waals surface area contributed by atoms with Gasteiger partial charge in [0.1, 0.15) is 22.5 Å².